The minimum atomic E-state index is -0.455. The number of ether oxygens (including phenoxy) is 2. The third-order valence-corrected chi connectivity index (χ3v) is 4.42. The Balaban J connectivity index is 1.34. The zero-order valence-electron chi connectivity index (χ0n) is 14.0. The van der Waals surface area contributed by atoms with Crippen LogP contribution in [0, 0.1) is 5.92 Å². The van der Waals surface area contributed by atoms with Gasteiger partial charge in [0.15, 0.2) is 11.5 Å². The zero-order chi connectivity index (χ0) is 17.9. The predicted molar refractivity (Wildman–Crippen MR) is 92.4 cm³/mol. The molecular weight excluding hydrogens is 336 g/mol. The van der Waals surface area contributed by atoms with Gasteiger partial charge in [0, 0.05) is 24.7 Å². The van der Waals surface area contributed by atoms with E-state index in [1.54, 1.807) is 23.1 Å². The summed E-state index contributed by atoms with van der Waals surface area (Å²) < 4.78 is 10.6. The normalized spacial score (nSPS) is 18.2. The second-order valence-corrected chi connectivity index (χ2v) is 6.18. The first-order valence-electron chi connectivity index (χ1n) is 8.36. The molecule has 2 heterocycles. The topological polar surface area (TPSA) is 77.1 Å². The molecule has 2 aliphatic rings. The van der Waals surface area contributed by atoms with Crippen molar-refractivity contribution >= 4 is 17.5 Å². The molecule has 1 fully saturated rings. The fourth-order valence-electron chi connectivity index (χ4n) is 3.03. The fraction of sp³-hybridized carbons (Fsp3) is 0.263. The minimum absolute atomic E-state index is 0.105. The van der Waals surface area contributed by atoms with Gasteiger partial charge in [-0.25, -0.2) is 5.48 Å². The minimum Gasteiger partial charge on any atom is -0.454 e. The number of fused-ring (bicyclic) bond motifs is 1. The van der Waals surface area contributed by atoms with Crippen LogP contribution >= 0.6 is 0 Å². The number of hydroxylamine groups is 1. The summed E-state index contributed by atoms with van der Waals surface area (Å²) in [5.74, 6) is 0.409. The Kier molecular flexibility index (Phi) is 4.45. The highest BCUT2D eigenvalue weighted by Crippen LogP contribution is 2.37. The van der Waals surface area contributed by atoms with Crippen LogP contribution in [0.15, 0.2) is 48.5 Å². The summed E-state index contributed by atoms with van der Waals surface area (Å²) in [4.78, 5) is 31.5. The molecule has 4 rings (SSSR count). The summed E-state index contributed by atoms with van der Waals surface area (Å²) in [6.07, 6.45) is 0.148. The van der Waals surface area contributed by atoms with Crippen molar-refractivity contribution in [3.05, 3.63) is 54.1 Å². The Morgan fingerprint density at radius 2 is 1.96 bits per heavy atom. The number of carbonyl (C=O) groups excluding carboxylic acids is 2. The summed E-state index contributed by atoms with van der Waals surface area (Å²) in [5.41, 5.74) is 4.09. The lowest BCUT2D eigenvalue weighted by atomic mass is 10.1. The van der Waals surface area contributed by atoms with Crippen LogP contribution in [0.25, 0.3) is 0 Å². The molecule has 7 heteroatoms. The molecule has 134 valence electrons. The van der Waals surface area contributed by atoms with Gasteiger partial charge in [-0.05, 0) is 17.7 Å². The molecule has 2 aromatic rings. The van der Waals surface area contributed by atoms with E-state index in [0.717, 1.165) is 5.56 Å². The molecule has 2 amide bonds. The van der Waals surface area contributed by atoms with Crippen LogP contribution in [0.5, 0.6) is 11.5 Å². The number of carbonyl (C=O) groups is 2. The lowest BCUT2D eigenvalue weighted by Gasteiger charge is -2.17. The molecule has 0 bridgehead atoms. The van der Waals surface area contributed by atoms with Crippen LogP contribution in [0.4, 0.5) is 5.69 Å². The van der Waals surface area contributed by atoms with E-state index in [1.807, 2.05) is 30.3 Å². The molecule has 1 atom stereocenters. The van der Waals surface area contributed by atoms with Crippen molar-refractivity contribution < 1.29 is 23.9 Å². The van der Waals surface area contributed by atoms with Crippen molar-refractivity contribution in [1.82, 2.24) is 5.48 Å². The number of hydrogen-bond donors (Lipinski definition) is 1. The van der Waals surface area contributed by atoms with E-state index in [0.29, 0.717) is 23.7 Å². The number of benzene rings is 2. The number of rotatable bonds is 5. The van der Waals surface area contributed by atoms with Crippen molar-refractivity contribution in [2.45, 2.75) is 13.0 Å². The first kappa shape index (κ1) is 16.4. The molecule has 1 saturated heterocycles. The van der Waals surface area contributed by atoms with Crippen LogP contribution in [-0.4, -0.2) is 25.2 Å². The lowest BCUT2D eigenvalue weighted by Crippen LogP contribution is -2.33. The summed E-state index contributed by atoms with van der Waals surface area (Å²) in [6.45, 7) is 0.759. The Morgan fingerprint density at radius 3 is 2.81 bits per heavy atom. The molecule has 0 radical (unpaired) electrons. The number of amides is 2. The van der Waals surface area contributed by atoms with Crippen LogP contribution in [0.3, 0.4) is 0 Å². The predicted octanol–water partition coefficient (Wildman–Crippen LogP) is 2.02. The van der Waals surface area contributed by atoms with E-state index in [4.69, 9.17) is 14.3 Å². The molecule has 2 aromatic carbocycles. The second-order valence-electron chi connectivity index (χ2n) is 6.18. The average molecular weight is 354 g/mol. The van der Waals surface area contributed by atoms with E-state index >= 15 is 0 Å². The Morgan fingerprint density at radius 1 is 1.15 bits per heavy atom. The van der Waals surface area contributed by atoms with E-state index in [2.05, 4.69) is 5.48 Å². The van der Waals surface area contributed by atoms with Crippen molar-refractivity contribution in [1.29, 1.82) is 0 Å². The third-order valence-electron chi connectivity index (χ3n) is 4.42. The number of nitrogens with zero attached hydrogens (tertiary/aromatic N) is 1. The largest absolute Gasteiger partial charge is 0.454 e. The van der Waals surface area contributed by atoms with E-state index in [9.17, 15) is 9.59 Å². The molecular formula is C19H18N2O5. The molecule has 7 nitrogen and oxygen atoms in total. The van der Waals surface area contributed by atoms with Gasteiger partial charge in [0.2, 0.25) is 18.6 Å². The van der Waals surface area contributed by atoms with Gasteiger partial charge in [0.1, 0.15) is 0 Å². The van der Waals surface area contributed by atoms with E-state index in [1.165, 1.54) is 0 Å². The highest BCUT2D eigenvalue weighted by atomic mass is 16.7. The molecule has 0 aromatic heterocycles. The molecule has 2 aliphatic heterocycles. The van der Waals surface area contributed by atoms with Crippen LogP contribution in [-0.2, 0) is 21.0 Å². The van der Waals surface area contributed by atoms with Crippen LogP contribution < -0.4 is 19.9 Å². The Bertz CT molecular complexity index is 824. The number of hydrogen-bond acceptors (Lipinski definition) is 5. The fourth-order valence-corrected chi connectivity index (χ4v) is 3.03. The number of anilines is 1. The Labute approximate surface area is 150 Å². The molecule has 0 aliphatic carbocycles. The van der Waals surface area contributed by atoms with Crippen molar-refractivity contribution in [2.75, 3.05) is 18.2 Å². The van der Waals surface area contributed by atoms with E-state index in [-0.39, 0.29) is 31.6 Å². The maximum Gasteiger partial charge on any atom is 0.248 e. The highest BCUT2D eigenvalue weighted by Gasteiger charge is 2.35. The molecule has 0 unspecified atom stereocenters. The zero-order valence-corrected chi connectivity index (χ0v) is 14.0. The van der Waals surface area contributed by atoms with Crippen LogP contribution in [0.1, 0.15) is 12.0 Å². The highest BCUT2D eigenvalue weighted by molar-refractivity contribution is 6.00. The first-order chi connectivity index (χ1) is 12.7. The molecule has 26 heavy (non-hydrogen) atoms. The summed E-state index contributed by atoms with van der Waals surface area (Å²) in [5, 5.41) is 0. The summed E-state index contributed by atoms with van der Waals surface area (Å²) in [6, 6.07) is 14.8. The summed E-state index contributed by atoms with van der Waals surface area (Å²) >= 11 is 0. The van der Waals surface area contributed by atoms with Crippen molar-refractivity contribution in [3.63, 3.8) is 0 Å². The van der Waals surface area contributed by atoms with Gasteiger partial charge in [-0.3, -0.25) is 14.4 Å². The second kappa shape index (κ2) is 7.05. The Hall–Kier alpha value is -3.06. The van der Waals surface area contributed by atoms with Gasteiger partial charge < -0.3 is 14.4 Å². The quantitative estimate of drug-likeness (QED) is 0.832. The standard InChI is InChI=1S/C19H18N2O5/c22-18-8-14(19(23)20-26-11-13-4-2-1-3-5-13)10-21(18)15-6-7-16-17(9-15)25-12-24-16/h1-7,9,14H,8,10-12H2,(H,20,23)/t14-/m1/s1. The molecule has 0 saturated carbocycles. The maximum absolute atomic E-state index is 12.3. The van der Waals surface area contributed by atoms with Crippen molar-refractivity contribution in [2.24, 2.45) is 5.92 Å². The summed E-state index contributed by atoms with van der Waals surface area (Å²) in [7, 11) is 0. The SMILES string of the molecule is O=C(NOCc1ccccc1)[C@@H]1CC(=O)N(c2ccc3c(c2)OCO3)C1. The first-order valence-corrected chi connectivity index (χ1v) is 8.36. The number of nitrogens with one attached hydrogen (secondary N) is 1. The van der Waals surface area contributed by atoms with Crippen molar-refractivity contribution in [3.8, 4) is 11.5 Å². The van der Waals surface area contributed by atoms with Gasteiger partial charge in [-0.15, -0.1) is 0 Å². The van der Waals surface area contributed by atoms with Crippen LogP contribution in [0.2, 0.25) is 0 Å². The average Bonchev–Trinajstić information content (AvgIpc) is 3.28. The monoisotopic (exact) mass is 354 g/mol. The van der Waals surface area contributed by atoms with Gasteiger partial charge in [0.05, 0.1) is 12.5 Å². The van der Waals surface area contributed by atoms with E-state index < -0.39 is 5.92 Å². The van der Waals surface area contributed by atoms with Gasteiger partial charge in [-0.2, -0.15) is 0 Å². The van der Waals surface area contributed by atoms with Gasteiger partial charge in [-0.1, -0.05) is 30.3 Å². The molecule has 1 N–H and O–H groups in total. The van der Waals surface area contributed by atoms with Gasteiger partial charge >= 0.3 is 0 Å². The molecule has 0 spiro atoms. The lowest BCUT2D eigenvalue weighted by molar-refractivity contribution is -0.138. The smallest absolute Gasteiger partial charge is 0.248 e. The van der Waals surface area contributed by atoms with Gasteiger partial charge in [0.25, 0.3) is 0 Å². The maximum atomic E-state index is 12.3. The third kappa shape index (κ3) is 3.34.